The zero-order chi connectivity index (χ0) is 18.9. The lowest BCUT2D eigenvalue weighted by Gasteiger charge is -2.14. The van der Waals surface area contributed by atoms with Crippen LogP contribution in [0.5, 0.6) is 17.2 Å². The van der Waals surface area contributed by atoms with Crippen molar-refractivity contribution >= 4 is 27.6 Å². The number of benzene rings is 2. The van der Waals surface area contributed by atoms with E-state index < -0.39 is 12.1 Å². The number of rotatable bonds is 8. The predicted octanol–water partition coefficient (Wildman–Crippen LogP) is 4.92. The molecule has 0 spiro atoms. The summed E-state index contributed by atoms with van der Waals surface area (Å²) < 4.78 is 17.2. The molecule has 6 nitrogen and oxygen atoms in total. The van der Waals surface area contributed by atoms with Gasteiger partial charge in [-0.25, -0.2) is 4.79 Å². The van der Waals surface area contributed by atoms with Crippen LogP contribution in [0.3, 0.4) is 0 Å². The lowest BCUT2D eigenvalue weighted by Crippen LogP contribution is -2.26. The topological polar surface area (TPSA) is 66.4 Å². The Balaban J connectivity index is 1.83. The fourth-order valence-corrected chi connectivity index (χ4v) is 2.10. The minimum atomic E-state index is -0.774. The van der Waals surface area contributed by atoms with Crippen molar-refractivity contribution < 1.29 is 23.8 Å². The van der Waals surface area contributed by atoms with Gasteiger partial charge in [0.05, 0.1) is 5.71 Å². The minimum absolute atomic E-state index is 0.252. The van der Waals surface area contributed by atoms with Gasteiger partial charge in [0.1, 0.15) is 17.2 Å². The van der Waals surface area contributed by atoms with Crippen LogP contribution in [0.2, 0.25) is 0 Å². The highest BCUT2D eigenvalue weighted by Crippen LogP contribution is 2.25. The highest BCUT2D eigenvalue weighted by molar-refractivity contribution is 9.10. The zero-order valence-corrected chi connectivity index (χ0v) is 16.4. The molecular formula is C19H20BrNO5. The maximum atomic E-state index is 11.8. The van der Waals surface area contributed by atoms with Crippen LogP contribution >= 0.6 is 15.9 Å². The predicted molar refractivity (Wildman–Crippen MR) is 102 cm³/mol. The van der Waals surface area contributed by atoms with Crippen LogP contribution in [-0.4, -0.2) is 24.6 Å². The van der Waals surface area contributed by atoms with Gasteiger partial charge in [-0.1, -0.05) is 21.1 Å². The van der Waals surface area contributed by atoms with E-state index in [0.29, 0.717) is 11.5 Å². The first-order valence-corrected chi connectivity index (χ1v) is 8.73. The van der Waals surface area contributed by atoms with Gasteiger partial charge in [0.15, 0.2) is 6.10 Å². The summed E-state index contributed by atoms with van der Waals surface area (Å²) in [7, 11) is 0. The fourth-order valence-electron chi connectivity index (χ4n) is 1.83. The molecule has 0 aliphatic heterocycles. The lowest BCUT2D eigenvalue weighted by molar-refractivity contribution is -0.163. The van der Waals surface area contributed by atoms with Crippen LogP contribution in [0, 0.1) is 0 Å². The molecule has 2 aromatic rings. The van der Waals surface area contributed by atoms with Crippen LogP contribution in [0.15, 0.2) is 58.2 Å². The van der Waals surface area contributed by atoms with Gasteiger partial charge in [-0.2, -0.15) is 0 Å². The maximum absolute atomic E-state index is 11.8. The van der Waals surface area contributed by atoms with Gasteiger partial charge in [0, 0.05) is 4.47 Å². The van der Waals surface area contributed by atoms with E-state index in [-0.39, 0.29) is 6.79 Å². The molecule has 138 valence electrons. The van der Waals surface area contributed by atoms with E-state index in [2.05, 4.69) is 21.1 Å². The van der Waals surface area contributed by atoms with Crippen molar-refractivity contribution in [3.8, 4) is 17.2 Å². The first-order valence-electron chi connectivity index (χ1n) is 7.94. The molecule has 0 N–H and O–H groups in total. The van der Waals surface area contributed by atoms with Crippen molar-refractivity contribution in [1.82, 2.24) is 0 Å². The average molecular weight is 422 g/mol. The molecule has 0 amide bonds. The molecule has 0 aromatic heterocycles. The zero-order valence-electron chi connectivity index (χ0n) is 14.8. The highest BCUT2D eigenvalue weighted by atomic mass is 79.9. The van der Waals surface area contributed by atoms with Crippen molar-refractivity contribution in [2.24, 2.45) is 5.16 Å². The molecule has 0 aliphatic rings. The minimum Gasteiger partial charge on any atom is -0.479 e. The summed E-state index contributed by atoms with van der Waals surface area (Å²) in [5, 5.41) is 3.67. The first-order chi connectivity index (χ1) is 12.4. The third-order valence-electron chi connectivity index (χ3n) is 3.02. The molecule has 0 saturated heterocycles. The number of hydrogen-bond acceptors (Lipinski definition) is 6. The molecule has 26 heavy (non-hydrogen) atoms. The van der Waals surface area contributed by atoms with E-state index in [1.165, 1.54) is 0 Å². The van der Waals surface area contributed by atoms with E-state index in [9.17, 15) is 4.79 Å². The van der Waals surface area contributed by atoms with Crippen LogP contribution in [0.25, 0.3) is 0 Å². The van der Waals surface area contributed by atoms with Crippen molar-refractivity contribution in [3.63, 3.8) is 0 Å². The standard InChI is InChI=1S/C19H20BrNO5/c1-13(2)21-24-12-23-19(22)14(3)25-16-8-10-18(11-9-16)26-17-6-4-15(20)5-7-17/h4-11,14H,12H2,1-3H3/t14-/m1/s1. The Labute approximate surface area is 160 Å². The summed E-state index contributed by atoms with van der Waals surface area (Å²) in [6.45, 7) is 4.90. The van der Waals surface area contributed by atoms with Gasteiger partial charge in [-0.3, -0.25) is 0 Å². The van der Waals surface area contributed by atoms with E-state index in [4.69, 9.17) is 19.0 Å². The summed E-state index contributed by atoms with van der Waals surface area (Å²) >= 11 is 3.38. The van der Waals surface area contributed by atoms with Crippen LogP contribution in [0.1, 0.15) is 20.8 Å². The number of esters is 1. The van der Waals surface area contributed by atoms with Crippen LogP contribution < -0.4 is 9.47 Å². The molecule has 2 rings (SSSR count). The number of carbonyl (C=O) groups is 1. The van der Waals surface area contributed by atoms with Crippen LogP contribution in [0.4, 0.5) is 0 Å². The normalized spacial score (nSPS) is 11.2. The average Bonchev–Trinajstić information content (AvgIpc) is 2.62. The summed E-state index contributed by atoms with van der Waals surface area (Å²) in [6.07, 6.45) is -0.774. The monoisotopic (exact) mass is 421 g/mol. The second-order valence-electron chi connectivity index (χ2n) is 5.54. The van der Waals surface area contributed by atoms with Gasteiger partial charge in [-0.15, -0.1) is 0 Å². The van der Waals surface area contributed by atoms with Crippen molar-refractivity contribution in [3.05, 3.63) is 53.0 Å². The van der Waals surface area contributed by atoms with Gasteiger partial charge >= 0.3 is 5.97 Å². The smallest absolute Gasteiger partial charge is 0.349 e. The number of nitrogens with zero attached hydrogens (tertiary/aromatic N) is 1. The molecule has 1 atom stereocenters. The molecule has 0 unspecified atom stereocenters. The Kier molecular flexibility index (Phi) is 7.47. The van der Waals surface area contributed by atoms with Crippen molar-refractivity contribution in [1.29, 1.82) is 0 Å². The number of ether oxygens (including phenoxy) is 3. The Bertz CT molecular complexity index is 740. The number of carbonyl (C=O) groups excluding carboxylic acids is 1. The summed E-state index contributed by atoms with van der Waals surface area (Å²) in [5.74, 6) is 1.38. The van der Waals surface area contributed by atoms with E-state index in [0.717, 1.165) is 15.9 Å². The van der Waals surface area contributed by atoms with E-state index in [1.54, 1.807) is 45.0 Å². The van der Waals surface area contributed by atoms with Crippen molar-refractivity contribution in [2.45, 2.75) is 26.9 Å². The van der Waals surface area contributed by atoms with Crippen molar-refractivity contribution in [2.75, 3.05) is 6.79 Å². The largest absolute Gasteiger partial charge is 0.479 e. The number of oxime groups is 1. The molecular weight excluding hydrogens is 402 g/mol. The molecule has 0 bridgehead atoms. The Morgan fingerprint density at radius 1 is 1.00 bits per heavy atom. The van der Waals surface area contributed by atoms with Crippen LogP contribution in [-0.2, 0) is 14.4 Å². The summed E-state index contributed by atoms with van der Waals surface area (Å²) in [6, 6.07) is 14.5. The Morgan fingerprint density at radius 2 is 1.54 bits per heavy atom. The second-order valence-corrected chi connectivity index (χ2v) is 6.45. The number of halogens is 1. The summed E-state index contributed by atoms with van der Waals surface area (Å²) in [4.78, 5) is 16.6. The molecule has 7 heteroatoms. The molecule has 0 heterocycles. The van der Waals surface area contributed by atoms with E-state index >= 15 is 0 Å². The van der Waals surface area contributed by atoms with Gasteiger partial charge in [0.2, 0.25) is 0 Å². The van der Waals surface area contributed by atoms with E-state index in [1.807, 2.05) is 24.3 Å². The number of hydrogen-bond donors (Lipinski definition) is 0. The summed E-state index contributed by atoms with van der Waals surface area (Å²) in [5.41, 5.74) is 0.732. The maximum Gasteiger partial charge on any atom is 0.349 e. The SMILES string of the molecule is CC(C)=NOCOC(=O)[C@@H](C)Oc1ccc(Oc2ccc(Br)cc2)cc1. The molecule has 0 fully saturated rings. The first kappa shape index (κ1) is 19.8. The Hall–Kier alpha value is -2.54. The third-order valence-corrected chi connectivity index (χ3v) is 3.55. The quantitative estimate of drug-likeness (QED) is 0.199. The molecule has 0 saturated carbocycles. The van der Waals surface area contributed by atoms with Gasteiger partial charge in [-0.05, 0) is 69.3 Å². The second kappa shape index (κ2) is 9.82. The highest BCUT2D eigenvalue weighted by Gasteiger charge is 2.16. The third kappa shape index (κ3) is 6.76. The Morgan fingerprint density at radius 3 is 2.12 bits per heavy atom. The van der Waals surface area contributed by atoms with Gasteiger partial charge in [0.25, 0.3) is 6.79 Å². The molecule has 2 aromatic carbocycles. The lowest BCUT2D eigenvalue weighted by atomic mass is 10.3. The molecule has 0 aliphatic carbocycles. The fraction of sp³-hybridized carbons (Fsp3) is 0.263. The molecule has 0 radical (unpaired) electrons. The van der Waals surface area contributed by atoms with Gasteiger partial charge < -0.3 is 19.0 Å².